The van der Waals surface area contributed by atoms with Crippen molar-refractivity contribution in [2.45, 2.75) is 45.9 Å². The van der Waals surface area contributed by atoms with Crippen molar-refractivity contribution in [2.24, 2.45) is 5.92 Å². The maximum absolute atomic E-state index is 9.57. The van der Waals surface area contributed by atoms with Crippen molar-refractivity contribution in [3.63, 3.8) is 0 Å². The lowest BCUT2D eigenvalue weighted by atomic mass is 9.92. The molecular formula is C13H23N3O. The summed E-state index contributed by atoms with van der Waals surface area (Å²) in [6.45, 7) is 8.13. The second-order valence-electron chi connectivity index (χ2n) is 4.98. The van der Waals surface area contributed by atoms with Crippen LogP contribution in [0.3, 0.4) is 0 Å². The van der Waals surface area contributed by atoms with Crippen molar-refractivity contribution in [2.75, 3.05) is 13.1 Å². The molecule has 1 aliphatic heterocycles. The lowest BCUT2D eigenvalue weighted by molar-refractivity contribution is 0.0683. The van der Waals surface area contributed by atoms with Gasteiger partial charge >= 0.3 is 0 Å². The van der Waals surface area contributed by atoms with Crippen LogP contribution in [-0.2, 0) is 13.1 Å². The molecule has 1 saturated heterocycles. The molecule has 0 aromatic carbocycles. The molecular weight excluding hydrogens is 214 g/mol. The summed E-state index contributed by atoms with van der Waals surface area (Å²) < 4.78 is 2.20. The molecule has 17 heavy (non-hydrogen) atoms. The molecule has 2 heterocycles. The lowest BCUT2D eigenvalue weighted by Gasteiger charge is -2.33. The van der Waals surface area contributed by atoms with Crippen LogP contribution in [0, 0.1) is 5.92 Å². The van der Waals surface area contributed by atoms with Gasteiger partial charge in [-0.25, -0.2) is 4.98 Å². The van der Waals surface area contributed by atoms with E-state index in [1.54, 1.807) is 0 Å². The van der Waals surface area contributed by atoms with Crippen molar-refractivity contribution in [3.8, 4) is 0 Å². The summed E-state index contributed by atoms with van der Waals surface area (Å²) >= 11 is 0. The summed E-state index contributed by atoms with van der Waals surface area (Å²) in [5.41, 5.74) is 0. The number of likely N-dealkylation sites (tertiary alicyclic amines) is 1. The molecule has 0 spiro atoms. The summed E-state index contributed by atoms with van der Waals surface area (Å²) in [5.74, 6) is 1.64. The predicted octanol–water partition coefficient (Wildman–Crippen LogP) is 1.50. The third-order valence-corrected chi connectivity index (χ3v) is 3.82. The van der Waals surface area contributed by atoms with Crippen LogP contribution in [0.25, 0.3) is 0 Å². The second kappa shape index (κ2) is 5.65. The molecule has 4 nitrogen and oxygen atoms in total. The Morgan fingerprint density at radius 1 is 1.47 bits per heavy atom. The molecule has 0 amide bonds. The van der Waals surface area contributed by atoms with Gasteiger partial charge in [0, 0.05) is 18.9 Å². The molecule has 4 heteroatoms. The first kappa shape index (κ1) is 12.6. The minimum atomic E-state index is -0.158. The van der Waals surface area contributed by atoms with Gasteiger partial charge in [-0.15, -0.1) is 0 Å². The standard InChI is InChI=1S/C13H23N3O/c1-3-16-9-6-14-13(16)10-15-7-4-12(5-8-15)11(2)17/h6,9,11-12,17H,3-5,7-8,10H2,1-2H3. The Morgan fingerprint density at radius 3 is 2.76 bits per heavy atom. The molecule has 0 aliphatic carbocycles. The van der Waals surface area contributed by atoms with E-state index in [-0.39, 0.29) is 6.10 Å². The van der Waals surface area contributed by atoms with Crippen LogP contribution < -0.4 is 0 Å². The van der Waals surface area contributed by atoms with Gasteiger partial charge in [-0.05, 0) is 45.7 Å². The van der Waals surface area contributed by atoms with Gasteiger partial charge in [-0.1, -0.05) is 0 Å². The highest BCUT2D eigenvalue weighted by molar-refractivity contribution is 4.92. The van der Waals surface area contributed by atoms with Gasteiger partial charge in [-0.2, -0.15) is 0 Å². The summed E-state index contributed by atoms with van der Waals surface area (Å²) in [6, 6.07) is 0. The summed E-state index contributed by atoms with van der Waals surface area (Å²) in [4.78, 5) is 6.85. The topological polar surface area (TPSA) is 41.3 Å². The molecule has 1 aromatic rings. The largest absolute Gasteiger partial charge is 0.393 e. The monoisotopic (exact) mass is 237 g/mol. The fourth-order valence-electron chi connectivity index (χ4n) is 2.57. The maximum Gasteiger partial charge on any atom is 0.122 e. The molecule has 96 valence electrons. The van der Waals surface area contributed by atoms with Gasteiger partial charge in [0.05, 0.1) is 12.6 Å². The first-order chi connectivity index (χ1) is 8.20. The van der Waals surface area contributed by atoms with Crippen molar-refractivity contribution in [1.82, 2.24) is 14.5 Å². The van der Waals surface area contributed by atoms with Crippen LogP contribution >= 0.6 is 0 Å². The van der Waals surface area contributed by atoms with Gasteiger partial charge in [-0.3, -0.25) is 4.90 Å². The Morgan fingerprint density at radius 2 is 2.18 bits per heavy atom. The first-order valence-corrected chi connectivity index (χ1v) is 6.61. The van der Waals surface area contributed by atoms with Crippen LogP contribution in [0.1, 0.15) is 32.5 Å². The highest BCUT2D eigenvalue weighted by Crippen LogP contribution is 2.21. The number of aryl methyl sites for hydroxylation is 1. The highest BCUT2D eigenvalue weighted by Gasteiger charge is 2.23. The molecule has 0 radical (unpaired) electrons. The molecule has 1 N–H and O–H groups in total. The van der Waals surface area contributed by atoms with Crippen LogP contribution in [0.5, 0.6) is 0 Å². The average Bonchev–Trinajstić information content (AvgIpc) is 2.77. The Labute approximate surface area is 103 Å². The zero-order valence-electron chi connectivity index (χ0n) is 10.8. The highest BCUT2D eigenvalue weighted by atomic mass is 16.3. The number of aliphatic hydroxyl groups is 1. The molecule has 1 aromatic heterocycles. The summed E-state index contributed by atoms with van der Waals surface area (Å²) in [6.07, 6.45) is 5.96. The Hall–Kier alpha value is -0.870. The van der Waals surface area contributed by atoms with Crippen LogP contribution in [-0.4, -0.2) is 38.8 Å². The molecule has 1 aliphatic rings. The number of aromatic nitrogens is 2. The van der Waals surface area contributed by atoms with Crippen molar-refractivity contribution < 1.29 is 5.11 Å². The molecule has 0 saturated carbocycles. The normalized spacial score (nSPS) is 20.6. The molecule has 0 bridgehead atoms. The number of hydrogen-bond donors (Lipinski definition) is 1. The van der Waals surface area contributed by atoms with Gasteiger partial charge in [0.2, 0.25) is 0 Å². The summed E-state index contributed by atoms with van der Waals surface area (Å²) in [5, 5.41) is 9.57. The number of nitrogens with zero attached hydrogens (tertiary/aromatic N) is 3. The predicted molar refractivity (Wildman–Crippen MR) is 67.6 cm³/mol. The van der Waals surface area contributed by atoms with Gasteiger partial charge in [0.1, 0.15) is 5.82 Å². The lowest BCUT2D eigenvalue weighted by Crippen LogP contribution is -2.37. The van der Waals surface area contributed by atoms with Gasteiger partial charge in [0.15, 0.2) is 0 Å². The minimum absolute atomic E-state index is 0.158. The van der Waals surface area contributed by atoms with E-state index in [9.17, 15) is 5.11 Å². The molecule has 1 fully saturated rings. The Kier molecular flexibility index (Phi) is 4.18. The average molecular weight is 237 g/mol. The zero-order valence-corrected chi connectivity index (χ0v) is 10.8. The number of rotatable bonds is 4. The van der Waals surface area contributed by atoms with E-state index in [1.807, 2.05) is 19.3 Å². The first-order valence-electron chi connectivity index (χ1n) is 6.61. The van der Waals surface area contributed by atoms with E-state index in [0.717, 1.165) is 44.8 Å². The van der Waals surface area contributed by atoms with E-state index in [2.05, 4.69) is 21.4 Å². The third kappa shape index (κ3) is 3.07. The van der Waals surface area contributed by atoms with E-state index < -0.39 is 0 Å². The number of hydrogen-bond acceptors (Lipinski definition) is 3. The molecule has 2 rings (SSSR count). The number of piperidine rings is 1. The van der Waals surface area contributed by atoms with E-state index in [4.69, 9.17) is 0 Å². The fourth-order valence-corrected chi connectivity index (χ4v) is 2.57. The smallest absolute Gasteiger partial charge is 0.122 e. The number of aliphatic hydroxyl groups excluding tert-OH is 1. The Balaban J connectivity index is 1.86. The van der Waals surface area contributed by atoms with Gasteiger partial charge in [0.25, 0.3) is 0 Å². The van der Waals surface area contributed by atoms with Crippen molar-refractivity contribution in [1.29, 1.82) is 0 Å². The minimum Gasteiger partial charge on any atom is -0.393 e. The van der Waals surface area contributed by atoms with Crippen molar-refractivity contribution in [3.05, 3.63) is 18.2 Å². The van der Waals surface area contributed by atoms with Crippen LogP contribution in [0.15, 0.2) is 12.4 Å². The third-order valence-electron chi connectivity index (χ3n) is 3.82. The second-order valence-corrected chi connectivity index (χ2v) is 4.98. The fraction of sp³-hybridized carbons (Fsp3) is 0.769. The zero-order chi connectivity index (χ0) is 12.3. The quantitative estimate of drug-likeness (QED) is 0.862. The van der Waals surface area contributed by atoms with Crippen LogP contribution in [0.2, 0.25) is 0 Å². The number of imidazole rings is 1. The van der Waals surface area contributed by atoms with E-state index in [0.29, 0.717) is 5.92 Å². The Bertz CT molecular complexity index is 340. The maximum atomic E-state index is 9.57. The van der Waals surface area contributed by atoms with Crippen LogP contribution in [0.4, 0.5) is 0 Å². The van der Waals surface area contributed by atoms with E-state index >= 15 is 0 Å². The summed E-state index contributed by atoms with van der Waals surface area (Å²) in [7, 11) is 0. The van der Waals surface area contributed by atoms with Gasteiger partial charge < -0.3 is 9.67 Å². The van der Waals surface area contributed by atoms with E-state index in [1.165, 1.54) is 0 Å². The SMILES string of the molecule is CCn1ccnc1CN1CCC(C(C)O)CC1. The van der Waals surface area contributed by atoms with Crippen molar-refractivity contribution >= 4 is 0 Å². The molecule has 1 unspecified atom stereocenters. The molecule has 1 atom stereocenters.